The molecule has 4 rings (SSSR count). The molecule has 2 aromatic heterocycles. The third kappa shape index (κ3) is 3.84. The molecule has 0 aliphatic heterocycles. The normalized spacial score (nSPS) is 13.8. The quantitative estimate of drug-likeness (QED) is 0.700. The number of nitrogens with one attached hydrogen (secondary N) is 2. The summed E-state index contributed by atoms with van der Waals surface area (Å²) in [5, 5.41) is 9.93. The zero-order chi connectivity index (χ0) is 18.6. The van der Waals surface area contributed by atoms with Gasteiger partial charge in [0.25, 0.3) is 5.91 Å². The molecular weight excluding hydrogens is 340 g/mol. The molecule has 1 aliphatic carbocycles. The van der Waals surface area contributed by atoms with E-state index in [4.69, 9.17) is 4.74 Å². The highest BCUT2D eigenvalue weighted by Crippen LogP contribution is 2.27. The highest BCUT2D eigenvalue weighted by Gasteiger charge is 2.21. The first-order valence-electron chi connectivity index (χ1n) is 9.28. The standard InChI is InChI=1S/C21H22N4O2/c1-2-19(27-17-7-6-14-4-3-5-16(14)12-17)21(26)23-20-13-18(24-25-20)15-8-10-22-11-9-15/h6-13,19H,2-5H2,1H3,(H2,23,24,25,26). The molecule has 2 heterocycles. The van der Waals surface area contributed by atoms with E-state index in [1.807, 2.05) is 25.1 Å². The zero-order valence-corrected chi connectivity index (χ0v) is 15.2. The van der Waals surface area contributed by atoms with Crippen molar-refractivity contribution in [3.8, 4) is 17.0 Å². The van der Waals surface area contributed by atoms with Crippen LogP contribution in [-0.4, -0.2) is 27.2 Å². The average Bonchev–Trinajstić information content (AvgIpc) is 3.35. The molecule has 0 radical (unpaired) electrons. The number of H-pyrrole nitrogens is 1. The van der Waals surface area contributed by atoms with Gasteiger partial charge in [0.05, 0.1) is 5.69 Å². The maximum absolute atomic E-state index is 12.6. The van der Waals surface area contributed by atoms with E-state index in [2.05, 4.69) is 32.6 Å². The van der Waals surface area contributed by atoms with Crippen molar-refractivity contribution < 1.29 is 9.53 Å². The number of nitrogens with zero attached hydrogens (tertiary/aromatic N) is 2. The lowest BCUT2D eigenvalue weighted by molar-refractivity contribution is -0.122. The summed E-state index contributed by atoms with van der Waals surface area (Å²) in [7, 11) is 0. The molecule has 1 amide bonds. The van der Waals surface area contributed by atoms with Crippen LogP contribution in [0, 0.1) is 0 Å². The van der Waals surface area contributed by atoms with Gasteiger partial charge in [0, 0.05) is 24.0 Å². The fourth-order valence-corrected chi connectivity index (χ4v) is 3.38. The zero-order valence-electron chi connectivity index (χ0n) is 15.2. The molecule has 0 bridgehead atoms. The summed E-state index contributed by atoms with van der Waals surface area (Å²) in [6.07, 6.45) is 6.84. The van der Waals surface area contributed by atoms with Crippen LogP contribution in [0.15, 0.2) is 48.8 Å². The van der Waals surface area contributed by atoms with E-state index in [-0.39, 0.29) is 5.91 Å². The molecule has 0 saturated heterocycles. The second kappa shape index (κ2) is 7.61. The molecule has 138 valence electrons. The number of rotatable bonds is 6. The van der Waals surface area contributed by atoms with Crippen LogP contribution in [0.5, 0.6) is 5.75 Å². The predicted molar refractivity (Wildman–Crippen MR) is 104 cm³/mol. The van der Waals surface area contributed by atoms with Crippen LogP contribution in [0.1, 0.15) is 30.9 Å². The Labute approximate surface area is 158 Å². The number of fused-ring (bicyclic) bond motifs is 1. The van der Waals surface area contributed by atoms with E-state index in [0.29, 0.717) is 12.2 Å². The van der Waals surface area contributed by atoms with Gasteiger partial charge in [-0.2, -0.15) is 5.10 Å². The molecule has 0 saturated carbocycles. The fourth-order valence-electron chi connectivity index (χ4n) is 3.38. The number of aromatic nitrogens is 3. The molecule has 1 aliphatic rings. The Morgan fingerprint density at radius 2 is 2.00 bits per heavy atom. The van der Waals surface area contributed by atoms with Gasteiger partial charge in [0.1, 0.15) is 5.75 Å². The lowest BCUT2D eigenvalue weighted by Crippen LogP contribution is -2.32. The van der Waals surface area contributed by atoms with Crippen molar-refractivity contribution in [2.45, 2.75) is 38.7 Å². The summed E-state index contributed by atoms with van der Waals surface area (Å²) in [6, 6.07) is 11.7. The van der Waals surface area contributed by atoms with Crippen LogP contribution in [-0.2, 0) is 17.6 Å². The van der Waals surface area contributed by atoms with E-state index >= 15 is 0 Å². The maximum Gasteiger partial charge on any atom is 0.266 e. The predicted octanol–water partition coefficient (Wildman–Crippen LogP) is 3.76. The summed E-state index contributed by atoms with van der Waals surface area (Å²) < 4.78 is 5.96. The molecule has 6 nitrogen and oxygen atoms in total. The summed E-state index contributed by atoms with van der Waals surface area (Å²) >= 11 is 0. The van der Waals surface area contributed by atoms with Gasteiger partial charge in [-0.1, -0.05) is 13.0 Å². The smallest absolute Gasteiger partial charge is 0.266 e. The molecular formula is C21H22N4O2. The summed E-state index contributed by atoms with van der Waals surface area (Å²) in [5.74, 6) is 1.02. The number of hydrogen-bond donors (Lipinski definition) is 2. The highest BCUT2D eigenvalue weighted by molar-refractivity contribution is 5.94. The lowest BCUT2D eigenvalue weighted by atomic mass is 10.1. The minimum absolute atomic E-state index is 0.203. The molecule has 6 heteroatoms. The minimum atomic E-state index is -0.564. The number of anilines is 1. The van der Waals surface area contributed by atoms with Crippen molar-refractivity contribution in [2.24, 2.45) is 0 Å². The van der Waals surface area contributed by atoms with Crippen molar-refractivity contribution in [1.82, 2.24) is 15.2 Å². The first kappa shape index (κ1) is 17.3. The van der Waals surface area contributed by atoms with Gasteiger partial charge in [-0.05, 0) is 61.1 Å². The Morgan fingerprint density at radius 1 is 1.19 bits per heavy atom. The van der Waals surface area contributed by atoms with Crippen LogP contribution in [0.25, 0.3) is 11.3 Å². The number of hydrogen-bond acceptors (Lipinski definition) is 4. The number of pyridine rings is 1. The first-order chi connectivity index (χ1) is 13.2. The van der Waals surface area contributed by atoms with Crippen molar-refractivity contribution in [2.75, 3.05) is 5.32 Å². The molecule has 1 atom stereocenters. The minimum Gasteiger partial charge on any atom is -0.481 e. The van der Waals surface area contributed by atoms with E-state index in [1.165, 1.54) is 17.5 Å². The Balaban J connectivity index is 1.43. The number of aryl methyl sites for hydroxylation is 2. The van der Waals surface area contributed by atoms with Gasteiger partial charge >= 0.3 is 0 Å². The van der Waals surface area contributed by atoms with E-state index in [9.17, 15) is 4.79 Å². The monoisotopic (exact) mass is 362 g/mol. The van der Waals surface area contributed by atoms with Crippen molar-refractivity contribution in [3.63, 3.8) is 0 Å². The second-order valence-corrected chi connectivity index (χ2v) is 6.69. The van der Waals surface area contributed by atoms with Gasteiger partial charge in [-0.3, -0.25) is 14.9 Å². The molecule has 0 fully saturated rings. The topological polar surface area (TPSA) is 79.9 Å². The van der Waals surface area contributed by atoms with Gasteiger partial charge in [-0.25, -0.2) is 0 Å². The number of aromatic amines is 1. The summed E-state index contributed by atoms with van der Waals surface area (Å²) in [4.78, 5) is 16.6. The maximum atomic E-state index is 12.6. The van der Waals surface area contributed by atoms with E-state index in [0.717, 1.165) is 29.8 Å². The fraction of sp³-hybridized carbons (Fsp3) is 0.286. The van der Waals surface area contributed by atoms with Crippen LogP contribution in [0.2, 0.25) is 0 Å². The van der Waals surface area contributed by atoms with Gasteiger partial charge < -0.3 is 10.1 Å². The first-order valence-corrected chi connectivity index (χ1v) is 9.28. The molecule has 3 aromatic rings. The van der Waals surface area contributed by atoms with Gasteiger partial charge in [-0.15, -0.1) is 0 Å². The Hall–Kier alpha value is -3.15. The lowest BCUT2D eigenvalue weighted by Gasteiger charge is -2.17. The SMILES string of the molecule is CCC(Oc1ccc2c(c1)CCC2)C(=O)Nc1cc(-c2ccncc2)[nH]n1. The Kier molecular flexibility index (Phi) is 4.87. The molecule has 1 aromatic carbocycles. The largest absolute Gasteiger partial charge is 0.481 e. The van der Waals surface area contributed by atoms with Crippen molar-refractivity contribution in [3.05, 3.63) is 59.9 Å². The number of carbonyl (C=O) groups is 1. The second-order valence-electron chi connectivity index (χ2n) is 6.69. The van der Waals surface area contributed by atoms with Crippen molar-refractivity contribution in [1.29, 1.82) is 0 Å². The summed E-state index contributed by atoms with van der Waals surface area (Å²) in [5.41, 5.74) is 4.50. The average molecular weight is 362 g/mol. The number of carbonyl (C=O) groups excluding carboxylic acids is 1. The third-order valence-electron chi connectivity index (χ3n) is 4.83. The molecule has 0 spiro atoms. The number of benzene rings is 1. The Morgan fingerprint density at radius 3 is 2.81 bits per heavy atom. The van der Waals surface area contributed by atoms with Crippen LogP contribution < -0.4 is 10.1 Å². The molecule has 2 N–H and O–H groups in total. The van der Waals surface area contributed by atoms with E-state index in [1.54, 1.807) is 18.5 Å². The van der Waals surface area contributed by atoms with E-state index < -0.39 is 6.10 Å². The van der Waals surface area contributed by atoms with Gasteiger partial charge in [0.2, 0.25) is 0 Å². The Bertz CT molecular complexity index is 936. The van der Waals surface area contributed by atoms with Crippen LogP contribution >= 0.6 is 0 Å². The van der Waals surface area contributed by atoms with Crippen molar-refractivity contribution >= 4 is 11.7 Å². The van der Waals surface area contributed by atoms with Gasteiger partial charge in [0.15, 0.2) is 11.9 Å². The highest BCUT2D eigenvalue weighted by atomic mass is 16.5. The molecule has 1 unspecified atom stereocenters. The summed E-state index contributed by atoms with van der Waals surface area (Å²) in [6.45, 7) is 1.94. The number of ether oxygens (including phenoxy) is 1. The number of amides is 1. The third-order valence-corrected chi connectivity index (χ3v) is 4.83. The van der Waals surface area contributed by atoms with Crippen LogP contribution in [0.4, 0.5) is 5.82 Å². The molecule has 27 heavy (non-hydrogen) atoms. The van der Waals surface area contributed by atoms with Crippen LogP contribution in [0.3, 0.4) is 0 Å².